The minimum Gasteiger partial charge on any atom is -0.355 e. The summed E-state index contributed by atoms with van der Waals surface area (Å²) in [5, 5.41) is 0. The van der Waals surface area contributed by atoms with Crippen molar-refractivity contribution in [1.29, 1.82) is 0 Å². The van der Waals surface area contributed by atoms with Crippen molar-refractivity contribution in [2.24, 2.45) is 11.3 Å². The van der Waals surface area contributed by atoms with Gasteiger partial charge in [-0.3, -0.25) is 4.79 Å². The number of H-pyrrole nitrogens is 2. The van der Waals surface area contributed by atoms with Gasteiger partial charge in [0.25, 0.3) is 5.56 Å². The van der Waals surface area contributed by atoms with E-state index in [4.69, 9.17) is 0 Å². The lowest BCUT2D eigenvalue weighted by Gasteiger charge is -2.22. The second-order valence-corrected chi connectivity index (χ2v) is 5.65. The molecule has 2 aromatic rings. The zero-order valence-corrected chi connectivity index (χ0v) is 10.1. The molecule has 0 spiro atoms. The van der Waals surface area contributed by atoms with Crippen LogP contribution in [-0.4, -0.2) is 15.0 Å². The summed E-state index contributed by atoms with van der Waals surface area (Å²) >= 11 is 0. The Bertz CT molecular complexity index is 696. The number of nitrogens with one attached hydrogen (secondary N) is 2. The molecule has 1 fully saturated rings. The van der Waals surface area contributed by atoms with E-state index in [2.05, 4.69) is 27.1 Å². The highest BCUT2D eigenvalue weighted by Crippen LogP contribution is 2.50. The number of hydrogen-bond donors (Lipinski definition) is 2. The molecule has 0 aliphatic heterocycles. The summed E-state index contributed by atoms with van der Waals surface area (Å²) in [5.74, 6) is 1.58. The fourth-order valence-corrected chi connectivity index (χ4v) is 3.49. The van der Waals surface area contributed by atoms with Gasteiger partial charge in [-0.05, 0) is 36.7 Å². The first-order valence-corrected chi connectivity index (χ1v) is 6.50. The molecule has 4 rings (SSSR count). The third-order valence-corrected chi connectivity index (χ3v) is 4.39. The van der Waals surface area contributed by atoms with Gasteiger partial charge in [-0.2, -0.15) is 0 Å². The molecule has 2 N–H and O–H groups in total. The first-order valence-electron chi connectivity index (χ1n) is 6.50. The molecule has 2 atom stereocenters. The normalized spacial score (nSPS) is 29.4. The topological polar surface area (TPSA) is 61.5 Å². The van der Waals surface area contributed by atoms with E-state index in [0.717, 1.165) is 23.7 Å². The summed E-state index contributed by atoms with van der Waals surface area (Å²) in [6, 6.07) is 1.85. The number of fused-ring (bicyclic) bond motifs is 3. The molecule has 92 valence electrons. The van der Waals surface area contributed by atoms with Crippen molar-refractivity contribution in [2.75, 3.05) is 0 Å². The van der Waals surface area contributed by atoms with Gasteiger partial charge in [0.1, 0.15) is 11.3 Å². The second-order valence-electron chi connectivity index (χ2n) is 5.65. The van der Waals surface area contributed by atoms with E-state index in [9.17, 15) is 4.79 Å². The van der Waals surface area contributed by atoms with Crippen LogP contribution in [0.25, 0.3) is 11.0 Å². The Morgan fingerprint density at radius 3 is 3.17 bits per heavy atom. The molecule has 2 aliphatic rings. The van der Waals surface area contributed by atoms with Gasteiger partial charge in [-0.1, -0.05) is 12.2 Å². The van der Waals surface area contributed by atoms with Crippen LogP contribution in [-0.2, 0) is 6.42 Å². The summed E-state index contributed by atoms with van der Waals surface area (Å²) in [6.45, 7) is 0. The van der Waals surface area contributed by atoms with Crippen LogP contribution in [0, 0.1) is 11.3 Å². The van der Waals surface area contributed by atoms with E-state index in [1.165, 1.54) is 19.3 Å². The Hall–Kier alpha value is -1.84. The molecule has 2 heterocycles. The van der Waals surface area contributed by atoms with E-state index in [1.54, 1.807) is 6.20 Å². The predicted molar refractivity (Wildman–Crippen MR) is 69.3 cm³/mol. The Balaban J connectivity index is 1.75. The SMILES string of the molecule is O=c1[nH]c(CC23C=CC(CC2)C3)nc2cc[nH]c12. The van der Waals surface area contributed by atoms with Crippen LogP contribution >= 0.6 is 0 Å². The lowest BCUT2D eigenvalue weighted by molar-refractivity contribution is 0.391. The minimum absolute atomic E-state index is 0.0621. The van der Waals surface area contributed by atoms with Crippen molar-refractivity contribution in [2.45, 2.75) is 25.7 Å². The van der Waals surface area contributed by atoms with Crippen molar-refractivity contribution in [1.82, 2.24) is 15.0 Å². The predicted octanol–water partition coefficient (Wildman–Crippen LogP) is 2.15. The highest BCUT2D eigenvalue weighted by Gasteiger charge is 2.41. The highest BCUT2D eigenvalue weighted by atomic mass is 16.1. The van der Waals surface area contributed by atoms with Crippen LogP contribution < -0.4 is 5.56 Å². The molecule has 4 heteroatoms. The Labute approximate surface area is 104 Å². The molecule has 18 heavy (non-hydrogen) atoms. The molecule has 0 saturated heterocycles. The number of hydrogen-bond acceptors (Lipinski definition) is 2. The number of aromatic amines is 2. The zero-order chi connectivity index (χ0) is 12.2. The molecule has 4 nitrogen and oxygen atoms in total. The van der Waals surface area contributed by atoms with Crippen LogP contribution in [0.15, 0.2) is 29.2 Å². The van der Waals surface area contributed by atoms with Gasteiger partial charge in [0, 0.05) is 12.6 Å². The second kappa shape index (κ2) is 3.34. The van der Waals surface area contributed by atoms with Crippen LogP contribution in [0.5, 0.6) is 0 Å². The van der Waals surface area contributed by atoms with Crippen LogP contribution in [0.1, 0.15) is 25.1 Å². The molecule has 2 aliphatic carbocycles. The number of allylic oxidation sites excluding steroid dienone is 2. The molecule has 0 radical (unpaired) electrons. The van der Waals surface area contributed by atoms with Crippen LogP contribution in [0.4, 0.5) is 0 Å². The Kier molecular flexibility index (Phi) is 1.88. The Morgan fingerprint density at radius 2 is 2.44 bits per heavy atom. The summed E-state index contributed by atoms with van der Waals surface area (Å²) in [7, 11) is 0. The fraction of sp³-hybridized carbons (Fsp3) is 0.429. The van der Waals surface area contributed by atoms with E-state index >= 15 is 0 Å². The van der Waals surface area contributed by atoms with E-state index in [-0.39, 0.29) is 11.0 Å². The van der Waals surface area contributed by atoms with Crippen molar-refractivity contribution in [3.63, 3.8) is 0 Å². The summed E-state index contributed by atoms with van der Waals surface area (Å²) in [5.41, 5.74) is 1.53. The number of nitrogens with zero attached hydrogens (tertiary/aromatic N) is 1. The minimum atomic E-state index is -0.0621. The largest absolute Gasteiger partial charge is 0.355 e. The van der Waals surface area contributed by atoms with Crippen LogP contribution in [0.2, 0.25) is 0 Å². The summed E-state index contributed by atoms with van der Waals surface area (Å²) < 4.78 is 0. The van der Waals surface area contributed by atoms with E-state index < -0.39 is 0 Å². The average molecular weight is 241 g/mol. The monoisotopic (exact) mass is 241 g/mol. The van der Waals surface area contributed by atoms with Gasteiger partial charge >= 0.3 is 0 Å². The first-order chi connectivity index (χ1) is 8.74. The zero-order valence-electron chi connectivity index (χ0n) is 10.1. The quantitative estimate of drug-likeness (QED) is 0.791. The van der Waals surface area contributed by atoms with Crippen molar-refractivity contribution < 1.29 is 0 Å². The van der Waals surface area contributed by atoms with Gasteiger partial charge in [0.2, 0.25) is 0 Å². The third-order valence-electron chi connectivity index (χ3n) is 4.39. The van der Waals surface area contributed by atoms with Gasteiger partial charge < -0.3 is 9.97 Å². The summed E-state index contributed by atoms with van der Waals surface area (Å²) in [6.07, 6.45) is 11.0. The van der Waals surface area contributed by atoms with Crippen LogP contribution in [0.3, 0.4) is 0 Å². The summed E-state index contributed by atoms with van der Waals surface area (Å²) in [4.78, 5) is 22.3. The molecule has 2 aromatic heterocycles. The molecule has 2 bridgehead atoms. The maximum atomic E-state index is 11.9. The van der Waals surface area contributed by atoms with Gasteiger partial charge in [-0.25, -0.2) is 4.98 Å². The third kappa shape index (κ3) is 1.38. The first kappa shape index (κ1) is 10.1. The van der Waals surface area contributed by atoms with Gasteiger partial charge in [0.15, 0.2) is 0 Å². The molecular formula is C14H15N3O. The van der Waals surface area contributed by atoms with Gasteiger partial charge in [0.05, 0.1) is 5.52 Å². The highest BCUT2D eigenvalue weighted by molar-refractivity contribution is 5.73. The van der Waals surface area contributed by atoms with Crippen molar-refractivity contribution in [3.05, 3.63) is 40.6 Å². The molecular weight excluding hydrogens is 226 g/mol. The number of aromatic nitrogens is 3. The molecule has 1 saturated carbocycles. The molecule has 0 aromatic carbocycles. The Morgan fingerprint density at radius 1 is 1.50 bits per heavy atom. The number of rotatable bonds is 2. The lowest BCUT2D eigenvalue weighted by Crippen LogP contribution is -2.20. The average Bonchev–Trinajstić information content (AvgIpc) is 3.02. The fourth-order valence-electron chi connectivity index (χ4n) is 3.49. The van der Waals surface area contributed by atoms with Crippen molar-refractivity contribution >= 4 is 11.0 Å². The lowest BCUT2D eigenvalue weighted by atomic mass is 9.84. The van der Waals surface area contributed by atoms with Gasteiger partial charge in [-0.15, -0.1) is 0 Å². The van der Waals surface area contributed by atoms with E-state index in [1.807, 2.05) is 6.07 Å². The maximum Gasteiger partial charge on any atom is 0.275 e. The van der Waals surface area contributed by atoms with Crippen molar-refractivity contribution in [3.8, 4) is 0 Å². The molecule has 0 amide bonds. The smallest absolute Gasteiger partial charge is 0.275 e. The maximum absolute atomic E-state index is 11.9. The molecule has 2 unspecified atom stereocenters. The van der Waals surface area contributed by atoms with E-state index in [0.29, 0.717) is 5.52 Å². The standard InChI is InChI=1S/C14H15N3O/c18-13-12-10(3-6-15-12)16-11(17-13)8-14-4-1-9(7-14)2-5-14/h1,3-4,6,9,15H,2,5,7-8H2,(H,16,17,18).